The lowest BCUT2D eigenvalue weighted by atomic mass is 10.2. The van der Waals surface area contributed by atoms with Crippen LogP contribution in [0.15, 0.2) is 51.3 Å². The van der Waals surface area contributed by atoms with Gasteiger partial charge in [0.2, 0.25) is 5.89 Å². The molecule has 0 aliphatic rings. The molecule has 0 unspecified atom stereocenters. The van der Waals surface area contributed by atoms with E-state index in [-0.39, 0.29) is 0 Å². The maximum atomic E-state index is 5.91. The molecule has 3 rings (SSSR count). The van der Waals surface area contributed by atoms with E-state index in [1.807, 2.05) is 36.6 Å². The van der Waals surface area contributed by atoms with Gasteiger partial charge in [-0.15, -0.1) is 23.1 Å². The molecule has 0 fully saturated rings. The van der Waals surface area contributed by atoms with Crippen LogP contribution >= 0.6 is 23.1 Å². The number of thioether (sulfide) groups is 1. The zero-order chi connectivity index (χ0) is 13.9. The average Bonchev–Trinajstić information content (AvgIpc) is 3.10. The fourth-order valence-corrected chi connectivity index (χ4v) is 3.43. The maximum absolute atomic E-state index is 5.91. The topological polar surface area (TPSA) is 52.0 Å². The van der Waals surface area contributed by atoms with E-state index in [9.17, 15) is 0 Å². The van der Waals surface area contributed by atoms with Gasteiger partial charge in [0.1, 0.15) is 6.26 Å². The van der Waals surface area contributed by atoms with E-state index in [4.69, 9.17) is 10.2 Å². The molecule has 0 aliphatic carbocycles. The third kappa shape index (κ3) is 2.73. The summed E-state index contributed by atoms with van der Waals surface area (Å²) in [6.45, 7) is 2.04. The van der Waals surface area contributed by atoms with Crippen molar-refractivity contribution < 1.29 is 4.42 Å². The van der Waals surface area contributed by atoms with Crippen LogP contribution in [0.25, 0.3) is 10.8 Å². The van der Waals surface area contributed by atoms with E-state index in [1.165, 1.54) is 4.90 Å². The first-order valence-corrected chi connectivity index (χ1v) is 8.07. The molecule has 0 atom stereocenters. The summed E-state index contributed by atoms with van der Waals surface area (Å²) < 4.78 is 5.51. The molecule has 20 heavy (non-hydrogen) atoms. The maximum Gasteiger partial charge on any atom is 0.236 e. The molecule has 3 aromatic rings. The van der Waals surface area contributed by atoms with Gasteiger partial charge in [-0.05, 0) is 36.1 Å². The smallest absolute Gasteiger partial charge is 0.236 e. The van der Waals surface area contributed by atoms with Crippen LogP contribution in [0.4, 0.5) is 5.69 Å². The molecule has 5 heteroatoms. The monoisotopic (exact) mass is 302 g/mol. The van der Waals surface area contributed by atoms with Crippen molar-refractivity contribution in [2.75, 3.05) is 5.73 Å². The van der Waals surface area contributed by atoms with Gasteiger partial charge in [-0.1, -0.05) is 12.1 Å². The Kier molecular flexibility index (Phi) is 3.80. The largest absolute Gasteiger partial charge is 0.444 e. The van der Waals surface area contributed by atoms with Gasteiger partial charge >= 0.3 is 0 Å². The minimum Gasteiger partial charge on any atom is -0.444 e. The van der Waals surface area contributed by atoms with E-state index in [1.54, 1.807) is 29.4 Å². The Hall–Kier alpha value is -1.72. The molecule has 2 aromatic heterocycles. The quantitative estimate of drug-likeness (QED) is 0.566. The van der Waals surface area contributed by atoms with Gasteiger partial charge in [0.25, 0.3) is 0 Å². The van der Waals surface area contributed by atoms with Crippen molar-refractivity contribution in [2.45, 2.75) is 17.6 Å². The molecule has 0 radical (unpaired) electrons. The lowest BCUT2D eigenvalue weighted by molar-refractivity contribution is 0.575. The molecule has 0 spiro atoms. The normalized spacial score (nSPS) is 10.8. The van der Waals surface area contributed by atoms with Gasteiger partial charge in [-0.2, -0.15) is 0 Å². The molecule has 1 aromatic carbocycles. The van der Waals surface area contributed by atoms with Crippen molar-refractivity contribution >= 4 is 28.8 Å². The first-order valence-electron chi connectivity index (χ1n) is 6.20. The molecular weight excluding hydrogens is 288 g/mol. The average molecular weight is 302 g/mol. The molecule has 102 valence electrons. The number of anilines is 1. The van der Waals surface area contributed by atoms with Crippen LogP contribution in [0.3, 0.4) is 0 Å². The first kappa shape index (κ1) is 13.3. The molecule has 0 bridgehead atoms. The number of nitrogens with zero attached hydrogens (tertiary/aromatic N) is 1. The summed E-state index contributed by atoms with van der Waals surface area (Å²) in [6.07, 6.45) is 1.73. The van der Waals surface area contributed by atoms with Crippen molar-refractivity contribution in [1.82, 2.24) is 4.98 Å². The van der Waals surface area contributed by atoms with Gasteiger partial charge in [0.05, 0.1) is 10.6 Å². The molecule has 2 N–H and O–H groups in total. The second-order valence-electron chi connectivity index (χ2n) is 4.38. The Balaban J connectivity index is 1.71. The molecular formula is C15H14N2OS2. The summed E-state index contributed by atoms with van der Waals surface area (Å²) in [6, 6.07) is 9.98. The van der Waals surface area contributed by atoms with E-state index in [0.717, 1.165) is 27.6 Å². The summed E-state index contributed by atoms with van der Waals surface area (Å²) in [4.78, 5) is 6.75. The molecule has 3 nitrogen and oxygen atoms in total. The third-order valence-corrected chi connectivity index (χ3v) is 5.04. The Morgan fingerprint density at radius 2 is 2.20 bits per heavy atom. The minimum absolute atomic E-state index is 0.694. The molecule has 0 saturated heterocycles. The molecule has 2 heterocycles. The van der Waals surface area contributed by atoms with Crippen molar-refractivity contribution in [3.05, 3.63) is 53.2 Å². The standard InChI is InChI=1S/C15H14N2OS2/c1-10-12(16)4-2-5-13(10)20-9-11-8-18-15(17-11)14-6-3-7-19-14/h2-8H,9,16H2,1H3. The number of oxazole rings is 1. The molecule has 0 aliphatic heterocycles. The summed E-state index contributed by atoms with van der Waals surface area (Å²) in [5, 5.41) is 2.02. The number of rotatable bonds is 4. The van der Waals surface area contributed by atoms with Crippen LogP contribution in [0, 0.1) is 6.92 Å². The Morgan fingerprint density at radius 3 is 3.00 bits per heavy atom. The van der Waals surface area contributed by atoms with Crippen LogP contribution in [0.1, 0.15) is 11.3 Å². The Morgan fingerprint density at radius 1 is 1.30 bits per heavy atom. The molecule has 0 saturated carbocycles. The third-order valence-electron chi connectivity index (χ3n) is 2.99. The predicted molar refractivity (Wildman–Crippen MR) is 85.0 cm³/mol. The van der Waals surface area contributed by atoms with Crippen molar-refractivity contribution in [3.63, 3.8) is 0 Å². The van der Waals surface area contributed by atoms with Crippen LogP contribution < -0.4 is 5.73 Å². The van der Waals surface area contributed by atoms with E-state index < -0.39 is 0 Å². The van der Waals surface area contributed by atoms with E-state index >= 15 is 0 Å². The number of hydrogen-bond donors (Lipinski definition) is 1. The van der Waals surface area contributed by atoms with Gasteiger partial charge in [-0.25, -0.2) is 4.98 Å². The predicted octanol–water partition coefficient (Wildman–Crippen LogP) is 4.59. The number of nitrogen functional groups attached to an aromatic ring is 1. The lowest BCUT2D eigenvalue weighted by Crippen LogP contribution is -1.91. The lowest BCUT2D eigenvalue weighted by Gasteiger charge is -2.06. The fourth-order valence-electron chi connectivity index (χ4n) is 1.83. The van der Waals surface area contributed by atoms with Crippen LogP contribution in [-0.4, -0.2) is 4.98 Å². The van der Waals surface area contributed by atoms with Crippen molar-refractivity contribution in [3.8, 4) is 10.8 Å². The SMILES string of the molecule is Cc1c(N)cccc1SCc1coc(-c2cccs2)n1. The fraction of sp³-hybridized carbons (Fsp3) is 0.133. The van der Waals surface area contributed by atoms with Gasteiger partial charge < -0.3 is 10.2 Å². The van der Waals surface area contributed by atoms with Gasteiger partial charge in [-0.3, -0.25) is 0 Å². The second kappa shape index (κ2) is 5.73. The highest BCUT2D eigenvalue weighted by molar-refractivity contribution is 7.98. The summed E-state index contributed by atoms with van der Waals surface area (Å²) in [7, 11) is 0. The van der Waals surface area contributed by atoms with Crippen molar-refractivity contribution in [1.29, 1.82) is 0 Å². The van der Waals surface area contributed by atoms with Gasteiger partial charge in [0.15, 0.2) is 0 Å². The van der Waals surface area contributed by atoms with Crippen LogP contribution in [0.5, 0.6) is 0 Å². The van der Waals surface area contributed by atoms with Crippen LogP contribution in [0.2, 0.25) is 0 Å². The van der Waals surface area contributed by atoms with Crippen molar-refractivity contribution in [2.24, 2.45) is 0 Å². The summed E-state index contributed by atoms with van der Waals surface area (Å²) >= 11 is 3.35. The minimum atomic E-state index is 0.694. The number of aromatic nitrogens is 1. The molecule has 0 amide bonds. The summed E-state index contributed by atoms with van der Waals surface area (Å²) in [5.74, 6) is 1.47. The zero-order valence-corrected chi connectivity index (χ0v) is 12.6. The highest BCUT2D eigenvalue weighted by atomic mass is 32.2. The van der Waals surface area contributed by atoms with Gasteiger partial charge in [0, 0.05) is 16.3 Å². The highest BCUT2D eigenvalue weighted by Gasteiger charge is 2.09. The number of nitrogens with two attached hydrogens (primary N) is 1. The summed E-state index contributed by atoms with van der Waals surface area (Å²) in [5.41, 5.74) is 8.81. The Labute approximate surface area is 125 Å². The Bertz CT molecular complexity index is 704. The number of hydrogen-bond acceptors (Lipinski definition) is 5. The van der Waals surface area contributed by atoms with Crippen LogP contribution in [-0.2, 0) is 5.75 Å². The van der Waals surface area contributed by atoms with E-state index in [0.29, 0.717) is 5.89 Å². The number of benzene rings is 1. The second-order valence-corrected chi connectivity index (χ2v) is 6.35. The first-order chi connectivity index (χ1) is 9.74. The zero-order valence-electron chi connectivity index (χ0n) is 11.0. The van der Waals surface area contributed by atoms with E-state index in [2.05, 4.69) is 11.1 Å². The number of thiophene rings is 1. The highest BCUT2D eigenvalue weighted by Crippen LogP contribution is 2.30.